The first kappa shape index (κ1) is 22.6. The number of phenolic OH excluding ortho intramolecular Hbond substituents is 1. The molecule has 5 nitrogen and oxygen atoms in total. The van der Waals surface area contributed by atoms with Gasteiger partial charge in [-0.25, -0.2) is 4.79 Å². The van der Waals surface area contributed by atoms with Crippen molar-refractivity contribution >= 4 is 11.9 Å². The third-order valence-corrected chi connectivity index (χ3v) is 6.01. The molecule has 0 unspecified atom stereocenters. The Morgan fingerprint density at radius 2 is 1.48 bits per heavy atom. The number of benzene rings is 3. The van der Waals surface area contributed by atoms with E-state index in [1.165, 1.54) is 11.1 Å². The third-order valence-electron chi connectivity index (χ3n) is 6.01. The Morgan fingerprint density at radius 1 is 0.909 bits per heavy atom. The molecule has 5 heteroatoms. The summed E-state index contributed by atoms with van der Waals surface area (Å²) < 4.78 is 5.64. The number of hydrogen-bond donors (Lipinski definition) is 2. The molecule has 1 amide bonds. The summed E-state index contributed by atoms with van der Waals surface area (Å²) in [6.45, 7) is 4.15. The van der Waals surface area contributed by atoms with Gasteiger partial charge in [-0.3, -0.25) is 4.79 Å². The number of ketones is 1. The predicted octanol–water partition coefficient (Wildman–Crippen LogP) is 5.46. The fourth-order valence-corrected chi connectivity index (χ4v) is 4.44. The fourth-order valence-electron chi connectivity index (χ4n) is 4.44. The first-order valence-electron chi connectivity index (χ1n) is 11.3. The maximum atomic E-state index is 12.8. The number of aromatic hydroxyl groups is 1. The highest BCUT2D eigenvalue weighted by Crippen LogP contribution is 2.44. The molecule has 1 atom stereocenters. The van der Waals surface area contributed by atoms with Crippen LogP contribution in [0.1, 0.15) is 42.9 Å². The first-order valence-corrected chi connectivity index (χ1v) is 11.3. The van der Waals surface area contributed by atoms with Crippen molar-refractivity contribution in [1.29, 1.82) is 0 Å². The van der Waals surface area contributed by atoms with E-state index in [1.54, 1.807) is 24.3 Å². The molecule has 1 aliphatic rings. The summed E-state index contributed by atoms with van der Waals surface area (Å²) in [5.41, 5.74) is 5.47. The van der Waals surface area contributed by atoms with Crippen molar-refractivity contribution in [1.82, 2.24) is 5.32 Å². The van der Waals surface area contributed by atoms with Gasteiger partial charge in [-0.05, 0) is 52.3 Å². The van der Waals surface area contributed by atoms with Crippen molar-refractivity contribution in [2.24, 2.45) is 5.92 Å². The lowest BCUT2D eigenvalue weighted by Gasteiger charge is -2.20. The number of ether oxygens (including phenoxy) is 1. The summed E-state index contributed by atoms with van der Waals surface area (Å²) in [5, 5.41) is 12.3. The normalized spacial score (nSPS) is 13.3. The molecule has 1 aliphatic carbocycles. The molecule has 0 radical (unpaired) electrons. The summed E-state index contributed by atoms with van der Waals surface area (Å²) in [7, 11) is 0. The number of carbonyl (C=O) groups excluding carboxylic acids is 2. The Kier molecular flexibility index (Phi) is 6.78. The summed E-state index contributed by atoms with van der Waals surface area (Å²) in [4.78, 5) is 25.6. The van der Waals surface area contributed by atoms with Crippen LogP contribution >= 0.6 is 0 Å². The largest absolute Gasteiger partial charge is 0.508 e. The van der Waals surface area contributed by atoms with Crippen LogP contribution in [0, 0.1) is 5.92 Å². The van der Waals surface area contributed by atoms with E-state index in [1.807, 2.05) is 38.1 Å². The van der Waals surface area contributed by atoms with Gasteiger partial charge in [0.15, 0.2) is 5.78 Å². The number of amides is 1. The van der Waals surface area contributed by atoms with Crippen molar-refractivity contribution in [3.8, 4) is 16.9 Å². The van der Waals surface area contributed by atoms with E-state index in [0.717, 1.165) is 16.7 Å². The molecular weight excluding hydrogens is 414 g/mol. The van der Waals surface area contributed by atoms with Gasteiger partial charge in [0, 0.05) is 12.3 Å². The SMILES string of the molecule is CC(C)CC(=O)[C@H](Cc1ccc(O)cc1)NC(=O)OCC1c2ccccc2-c2ccccc21. The Labute approximate surface area is 194 Å². The lowest BCUT2D eigenvalue weighted by Crippen LogP contribution is -2.43. The fraction of sp³-hybridized carbons (Fsp3) is 0.286. The standard InChI is InChI=1S/C28H29NO4/c1-18(2)15-27(31)26(16-19-11-13-20(30)14-12-19)29-28(32)33-17-25-23-9-5-3-7-21(23)22-8-4-6-10-24(22)25/h3-14,18,25-26,30H,15-17H2,1-2H3,(H,29,32)/t26-/m0/s1. The van der Waals surface area contributed by atoms with Gasteiger partial charge in [-0.15, -0.1) is 0 Å². The molecular formula is C28H29NO4. The maximum Gasteiger partial charge on any atom is 0.407 e. The van der Waals surface area contributed by atoms with E-state index in [2.05, 4.69) is 29.6 Å². The van der Waals surface area contributed by atoms with Crippen molar-refractivity contribution in [2.75, 3.05) is 6.61 Å². The smallest absolute Gasteiger partial charge is 0.407 e. The molecule has 0 saturated heterocycles. The van der Waals surface area contributed by atoms with Crippen LogP contribution in [0.3, 0.4) is 0 Å². The summed E-state index contributed by atoms with van der Waals surface area (Å²) >= 11 is 0. The van der Waals surface area contributed by atoms with Crippen molar-refractivity contribution < 1.29 is 19.4 Å². The summed E-state index contributed by atoms with van der Waals surface area (Å²) in [6.07, 6.45) is 0.111. The third kappa shape index (κ3) is 5.25. The highest BCUT2D eigenvalue weighted by atomic mass is 16.5. The van der Waals surface area contributed by atoms with Crippen LogP contribution in [-0.2, 0) is 16.0 Å². The molecule has 33 heavy (non-hydrogen) atoms. The second-order valence-electron chi connectivity index (χ2n) is 8.96. The van der Waals surface area contributed by atoms with Crippen LogP contribution in [0.5, 0.6) is 5.75 Å². The minimum atomic E-state index is -0.687. The number of hydrogen-bond acceptors (Lipinski definition) is 4. The minimum Gasteiger partial charge on any atom is -0.508 e. The molecule has 0 spiro atoms. The highest BCUT2D eigenvalue weighted by molar-refractivity contribution is 5.88. The molecule has 0 heterocycles. The van der Waals surface area contributed by atoms with Crippen molar-refractivity contribution in [3.05, 3.63) is 89.5 Å². The van der Waals surface area contributed by atoms with Gasteiger partial charge in [0.1, 0.15) is 12.4 Å². The molecule has 0 aliphatic heterocycles. The minimum absolute atomic E-state index is 0.0356. The maximum absolute atomic E-state index is 12.8. The van der Waals surface area contributed by atoms with Crippen molar-refractivity contribution in [3.63, 3.8) is 0 Å². The molecule has 4 rings (SSSR count). The number of fused-ring (bicyclic) bond motifs is 3. The molecule has 3 aromatic carbocycles. The average Bonchev–Trinajstić information content (AvgIpc) is 3.12. The number of alkyl carbamates (subject to hydrolysis) is 1. The van der Waals surface area contributed by atoms with Crippen molar-refractivity contribution in [2.45, 2.75) is 38.6 Å². The van der Waals surface area contributed by atoms with Crippen LogP contribution in [0.25, 0.3) is 11.1 Å². The van der Waals surface area contributed by atoms with Crippen LogP contribution < -0.4 is 5.32 Å². The topological polar surface area (TPSA) is 75.6 Å². The lowest BCUT2D eigenvalue weighted by molar-refractivity contribution is -0.121. The Hall–Kier alpha value is -3.60. The van der Waals surface area contributed by atoms with E-state index in [-0.39, 0.29) is 30.0 Å². The predicted molar refractivity (Wildman–Crippen MR) is 128 cm³/mol. The van der Waals surface area contributed by atoms with E-state index in [9.17, 15) is 14.7 Å². The summed E-state index contributed by atoms with van der Waals surface area (Å²) in [5.74, 6) is 0.272. The molecule has 2 N–H and O–H groups in total. The van der Waals surface area contributed by atoms with Crippen LogP contribution in [0.15, 0.2) is 72.8 Å². The van der Waals surface area contributed by atoms with E-state index >= 15 is 0 Å². The molecule has 170 valence electrons. The van der Waals surface area contributed by atoms with Gasteiger partial charge in [0.05, 0.1) is 6.04 Å². The zero-order valence-corrected chi connectivity index (χ0v) is 19.0. The number of nitrogens with one attached hydrogen (secondary N) is 1. The molecule has 0 bridgehead atoms. The lowest BCUT2D eigenvalue weighted by atomic mass is 9.96. The Morgan fingerprint density at radius 3 is 2.06 bits per heavy atom. The molecule has 0 saturated carbocycles. The van der Waals surface area contributed by atoms with Gasteiger partial charge in [0.2, 0.25) is 0 Å². The van der Waals surface area contributed by atoms with Gasteiger partial charge >= 0.3 is 6.09 Å². The molecule has 3 aromatic rings. The van der Waals surface area contributed by atoms with Gasteiger partial charge < -0.3 is 15.2 Å². The van der Waals surface area contributed by atoms with E-state index in [0.29, 0.717) is 12.8 Å². The van der Waals surface area contributed by atoms with Crippen LogP contribution in [0.2, 0.25) is 0 Å². The molecule has 0 aromatic heterocycles. The van der Waals surface area contributed by atoms with E-state index in [4.69, 9.17) is 4.74 Å². The van der Waals surface area contributed by atoms with Gasteiger partial charge in [0.25, 0.3) is 0 Å². The van der Waals surface area contributed by atoms with Gasteiger partial charge in [-0.2, -0.15) is 0 Å². The average molecular weight is 444 g/mol. The van der Waals surface area contributed by atoms with E-state index < -0.39 is 12.1 Å². The van der Waals surface area contributed by atoms with Gasteiger partial charge in [-0.1, -0.05) is 74.5 Å². The highest BCUT2D eigenvalue weighted by Gasteiger charge is 2.30. The number of phenols is 1. The van der Waals surface area contributed by atoms with Crippen LogP contribution in [-0.4, -0.2) is 29.6 Å². The second-order valence-corrected chi connectivity index (χ2v) is 8.96. The number of rotatable bonds is 8. The number of carbonyl (C=O) groups is 2. The zero-order chi connectivity index (χ0) is 23.4. The Bertz CT molecular complexity index is 1090. The Balaban J connectivity index is 1.45. The summed E-state index contributed by atoms with van der Waals surface area (Å²) in [6, 6.07) is 22.3. The zero-order valence-electron chi connectivity index (χ0n) is 19.0. The first-order chi connectivity index (χ1) is 15.9. The molecule has 0 fully saturated rings. The second kappa shape index (κ2) is 9.90. The quantitative estimate of drug-likeness (QED) is 0.485. The monoisotopic (exact) mass is 443 g/mol. The number of Topliss-reactive ketones (excluding diaryl/α,β-unsaturated/α-hetero) is 1. The van der Waals surface area contributed by atoms with Crippen LogP contribution in [0.4, 0.5) is 4.79 Å².